The van der Waals surface area contributed by atoms with Crippen molar-refractivity contribution < 1.29 is 9.53 Å². The lowest BCUT2D eigenvalue weighted by Gasteiger charge is -2.10. The molecule has 0 aromatic heterocycles. The molecule has 1 rings (SSSR count). The quantitative estimate of drug-likeness (QED) is 0.557. The van der Waals surface area contributed by atoms with E-state index < -0.39 is 6.10 Å². The van der Waals surface area contributed by atoms with Crippen molar-refractivity contribution in [1.82, 2.24) is 5.32 Å². The van der Waals surface area contributed by atoms with Crippen LogP contribution >= 0.6 is 0 Å². The summed E-state index contributed by atoms with van der Waals surface area (Å²) in [5.41, 5.74) is 5.39. The van der Waals surface area contributed by atoms with E-state index in [1.165, 1.54) is 0 Å². The van der Waals surface area contributed by atoms with Gasteiger partial charge in [-0.3, -0.25) is 4.79 Å². The first-order chi connectivity index (χ1) is 6.27. The number of hydrogen-bond donors (Lipinski definition) is 2. The Labute approximate surface area is 76.8 Å². The van der Waals surface area contributed by atoms with Gasteiger partial charge in [-0.2, -0.15) is 5.26 Å². The maximum Gasteiger partial charge on any atom is 0.249 e. The normalized spacial score (nSPS) is 26.8. The Morgan fingerprint density at radius 1 is 1.69 bits per heavy atom. The molecule has 2 unspecified atom stereocenters. The maximum absolute atomic E-state index is 11.2. The van der Waals surface area contributed by atoms with Crippen LogP contribution < -0.4 is 11.1 Å². The third-order valence-electron chi connectivity index (χ3n) is 2.00. The van der Waals surface area contributed by atoms with Crippen molar-refractivity contribution in [3.05, 3.63) is 0 Å². The zero-order valence-electron chi connectivity index (χ0n) is 7.32. The number of carbonyl (C=O) groups is 1. The third kappa shape index (κ3) is 2.68. The molecular weight excluding hydrogens is 170 g/mol. The van der Waals surface area contributed by atoms with Gasteiger partial charge in [0.2, 0.25) is 5.91 Å². The number of ether oxygens (including phenoxy) is 1. The van der Waals surface area contributed by atoms with E-state index in [4.69, 9.17) is 15.7 Å². The number of hydrogen-bond acceptors (Lipinski definition) is 4. The lowest BCUT2D eigenvalue weighted by atomic mass is 10.2. The minimum Gasteiger partial charge on any atom is -0.364 e. The summed E-state index contributed by atoms with van der Waals surface area (Å²) >= 11 is 0. The standard InChI is InChI=1S/C8H13N3O2/c9-3-4-11-8(12)7-2-1-6(5-10)13-7/h6-7H,1-2,4-5,10H2,(H,11,12). The van der Waals surface area contributed by atoms with Gasteiger partial charge in [-0.05, 0) is 12.8 Å². The van der Waals surface area contributed by atoms with Gasteiger partial charge in [-0.1, -0.05) is 0 Å². The van der Waals surface area contributed by atoms with Crippen molar-refractivity contribution in [2.24, 2.45) is 5.73 Å². The second kappa shape index (κ2) is 4.80. The van der Waals surface area contributed by atoms with E-state index in [0.29, 0.717) is 13.0 Å². The Morgan fingerprint density at radius 2 is 2.46 bits per heavy atom. The van der Waals surface area contributed by atoms with Gasteiger partial charge in [0.15, 0.2) is 0 Å². The number of nitrogens with one attached hydrogen (secondary N) is 1. The molecule has 0 saturated carbocycles. The summed E-state index contributed by atoms with van der Waals surface area (Å²) in [6, 6.07) is 1.84. The first-order valence-corrected chi connectivity index (χ1v) is 4.28. The summed E-state index contributed by atoms with van der Waals surface area (Å²) in [6.07, 6.45) is 1.10. The Bertz CT molecular complexity index is 224. The number of carbonyl (C=O) groups excluding carboxylic acids is 1. The minimum atomic E-state index is -0.415. The van der Waals surface area contributed by atoms with Crippen LogP contribution in [0, 0.1) is 11.3 Å². The number of nitrogens with two attached hydrogens (primary N) is 1. The van der Waals surface area contributed by atoms with Gasteiger partial charge in [0.05, 0.1) is 12.2 Å². The van der Waals surface area contributed by atoms with Gasteiger partial charge in [0.25, 0.3) is 0 Å². The first-order valence-electron chi connectivity index (χ1n) is 4.28. The molecule has 1 amide bonds. The van der Waals surface area contributed by atoms with E-state index in [1.54, 1.807) is 0 Å². The molecule has 0 spiro atoms. The fourth-order valence-corrected chi connectivity index (χ4v) is 1.31. The molecule has 0 radical (unpaired) electrons. The fourth-order valence-electron chi connectivity index (χ4n) is 1.31. The fraction of sp³-hybridized carbons (Fsp3) is 0.750. The summed E-state index contributed by atoms with van der Waals surface area (Å²) in [4.78, 5) is 11.2. The number of nitriles is 1. The number of rotatable bonds is 3. The predicted octanol–water partition coefficient (Wildman–Crippen LogP) is -0.868. The lowest BCUT2D eigenvalue weighted by molar-refractivity contribution is -0.131. The maximum atomic E-state index is 11.2. The van der Waals surface area contributed by atoms with Gasteiger partial charge in [0.1, 0.15) is 12.6 Å². The van der Waals surface area contributed by atoms with Crippen molar-refractivity contribution in [3.8, 4) is 6.07 Å². The van der Waals surface area contributed by atoms with E-state index in [-0.39, 0.29) is 18.6 Å². The van der Waals surface area contributed by atoms with Crippen LogP contribution in [-0.4, -0.2) is 31.2 Å². The van der Waals surface area contributed by atoms with Crippen LogP contribution in [0.4, 0.5) is 0 Å². The smallest absolute Gasteiger partial charge is 0.249 e. The highest BCUT2D eigenvalue weighted by molar-refractivity contribution is 5.81. The highest BCUT2D eigenvalue weighted by Gasteiger charge is 2.29. The predicted molar refractivity (Wildman–Crippen MR) is 45.6 cm³/mol. The average Bonchev–Trinajstić information content (AvgIpc) is 2.62. The van der Waals surface area contributed by atoms with E-state index in [2.05, 4.69) is 5.32 Å². The second-order valence-electron chi connectivity index (χ2n) is 2.94. The van der Waals surface area contributed by atoms with Gasteiger partial charge in [-0.15, -0.1) is 0 Å². The van der Waals surface area contributed by atoms with Crippen molar-refractivity contribution in [2.75, 3.05) is 13.1 Å². The van der Waals surface area contributed by atoms with E-state index in [9.17, 15) is 4.79 Å². The molecule has 1 aliphatic rings. The topological polar surface area (TPSA) is 88.1 Å². The SMILES string of the molecule is N#CCNC(=O)C1CCC(CN)O1. The van der Waals surface area contributed by atoms with Gasteiger partial charge >= 0.3 is 0 Å². The van der Waals surface area contributed by atoms with Crippen molar-refractivity contribution in [3.63, 3.8) is 0 Å². The van der Waals surface area contributed by atoms with E-state index in [0.717, 1.165) is 6.42 Å². The van der Waals surface area contributed by atoms with Gasteiger partial charge in [0, 0.05) is 6.54 Å². The van der Waals surface area contributed by atoms with Crippen LogP contribution in [-0.2, 0) is 9.53 Å². The molecular formula is C8H13N3O2. The summed E-state index contributed by atoms with van der Waals surface area (Å²) in [5.74, 6) is -0.211. The second-order valence-corrected chi connectivity index (χ2v) is 2.94. The largest absolute Gasteiger partial charge is 0.364 e. The lowest BCUT2D eigenvalue weighted by Crippen LogP contribution is -2.35. The van der Waals surface area contributed by atoms with Gasteiger partial charge in [-0.25, -0.2) is 0 Å². The molecule has 1 aliphatic heterocycles. The zero-order valence-corrected chi connectivity index (χ0v) is 7.32. The van der Waals surface area contributed by atoms with E-state index >= 15 is 0 Å². The number of nitrogens with zero attached hydrogens (tertiary/aromatic N) is 1. The molecule has 0 bridgehead atoms. The molecule has 2 atom stereocenters. The summed E-state index contributed by atoms with van der Waals surface area (Å²) in [7, 11) is 0. The van der Waals surface area contributed by atoms with Crippen LogP contribution in [0.5, 0.6) is 0 Å². The van der Waals surface area contributed by atoms with Crippen molar-refractivity contribution in [2.45, 2.75) is 25.0 Å². The molecule has 1 heterocycles. The highest BCUT2D eigenvalue weighted by atomic mass is 16.5. The summed E-state index contributed by atoms with van der Waals surface area (Å²) < 4.78 is 5.32. The molecule has 1 saturated heterocycles. The molecule has 72 valence electrons. The molecule has 0 aromatic carbocycles. The molecule has 0 aromatic rings. The molecule has 0 aliphatic carbocycles. The zero-order chi connectivity index (χ0) is 9.68. The van der Waals surface area contributed by atoms with Crippen LogP contribution in [0.25, 0.3) is 0 Å². The van der Waals surface area contributed by atoms with Crippen molar-refractivity contribution in [1.29, 1.82) is 5.26 Å². The van der Waals surface area contributed by atoms with Crippen molar-refractivity contribution >= 4 is 5.91 Å². The first kappa shape index (κ1) is 9.96. The van der Waals surface area contributed by atoms with Gasteiger partial charge < -0.3 is 15.8 Å². The summed E-state index contributed by atoms with van der Waals surface area (Å²) in [6.45, 7) is 0.480. The van der Waals surface area contributed by atoms with Crippen LogP contribution in [0.3, 0.4) is 0 Å². The monoisotopic (exact) mass is 183 g/mol. The van der Waals surface area contributed by atoms with Crippen LogP contribution in [0.15, 0.2) is 0 Å². The Morgan fingerprint density at radius 3 is 3.00 bits per heavy atom. The Balaban J connectivity index is 2.30. The third-order valence-corrected chi connectivity index (χ3v) is 2.00. The average molecular weight is 183 g/mol. The number of amides is 1. The van der Waals surface area contributed by atoms with Crippen LogP contribution in [0.1, 0.15) is 12.8 Å². The molecule has 5 nitrogen and oxygen atoms in total. The molecule has 5 heteroatoms. The molecule has 1 fully saturated rings. The Kier molecular flexibility index (Phi) is 3.68. The minimum absolute atomic E-state index is 0.00200. The Hall–Kier alpha value is -1.12. The molecule has 13 heavy (non-hydrogen) atoms. The summed E-state index contributed by atoms with van der Waals surface area (Å²) in [5, 5.41) is 10.7. The highest BCUT2D eigenvalue weighted by Crippen LogP contribution is 2.18. The van der Waals surface area contributed by atoms with Crippen LogP contribution in [0.2, 0.25) is 0 Å². The molecule has 3 N–H and O–H groups in total. The van der Waals surface area contributed by atoms with E-state index in [1.807, 2.05) is 6.07 Å².